The molecule has 1 rings (SSSR count). The van der Waals surface area contributed by atoms with Crippen molar-refractivity contribution in [3.8, 4) is 0 Å². The molecule has 0 unspecified atom stereocenters. The van der Waals surface area contributed by atoms with Gasteiger partial charge in [-0.1, -0.05) is 12.1 Å². The number of nitrogens with two attached hydrogens (primary N) is 2. The van der Waals surface area contributed by atoms with Gasteiger partial charge in [-0.15, -0.1) is 12.4 Å². The van der Waals surface area contributed by atoms with Crippen molar-refractivity contribution in [2.24, 2.45) is 11.5 Å². The second-order valence-corrected chi connectivity index (χ2v) is 3.30. The fourth-order valence-corrected chi connectivity index (χ4v) is 1.27. The van der Waals surface area contributed by atoms with Crippen LogP contribution in [0.3, 0.4) is 0 Å². The summed E-state index contributed by atoms with van der Waals surface area (Å²) >= 11 is 0. The third-order valence-electron chi connectivity index (χ3n) is 2.14. The van der Waals surface area contributed by atoms with Crippen molar-refractivity contribution in [3.05, 3.63) is 35.4 Å². The van der Waals surface area contributed by atoms with Crippen LogP contribution in [0.15, 0.2) is 24.3 Å². The van der Waals surface area contributed by atoms with Gasteiger partial charge in [-0.3, -0.25) is 0 Å². The lowest BCUT2D eigenvalue weighted by atomic mass is 10.0. The van der Waals surface area contributed by atoms with Gasteiger partial charge in [0.05, 0.1) is 5.56 Å². The summed E-state index contributed by atoms with van der Waals surface area (Å²) in [6.45, 7) is 0.419. The second-order valence-electron chi connectivity index (χ2n) is 3.30. The summed E-state index contributed by atoms with van der Waals surface area (Å²) in [5.41, 5.74) is 11.0. The number of alkyl halides is 3. The molecule has 16 heavy (non-hydrogen) atoms. The van der Waals surface area contributed by atoms with Gasteiger partial charge in [0.25, 0.3) is 0 Å². The lowest BCUT2D eigenvalue weighted by Crippen LogP contribution is -2.15. The fraction of sp³-hybridized carbons (Fsp3) is 0.400. The van der Waals surface area contributed by atoms with E-state index in [1.165, 1.54) is 12.1 Å². The molecule has 0 aliphatic carbocycles. The van der Waals surface area contributed by atoms with Crippen LogP contribution in [0.25, 0.3) is 0 Å². The van der Waals surface area contributed by atoms with E-state index in [0.717, 1.165) is 12.1 Å². The molecule has 92 valence electrons. The molecule has 0 spiro atoms. The van der Waals surface area contributed by atoms with Crippen molar-refractivity contribution in [1.82, 2.24) is 0 Å². The zero-order chi connectivity index (χ0) is 11.5. The standard InChI is InChI=1S/C10H13F3N2.ClH/c11-10(12,13)8-3-1-7(2-4-8)9(15)5-6-14;/h1-4,9H,5-6,14-15H2;1H/t9-;/m1./s1. The Labute approximate surface area is 98.2 Å². The molecule has 0 saturated heterocycles. The molecule has 1 aromatic carbocycles. The maximum absolute atomic E-state index is 12.2. The Hall–Kier alpha value is -0.780. The zero-order valence-corrected chi connectivity index (χ0v) is 9.31. The minimum Gasteiger partial charge on any atom is -0.330 e. The molecule has 0 fully saturated rings. The highest BCUT2D eigenvalue weighted by Gasteiger charge is 2.30. The Morgan fingerprint density at radius 3 is 2.00 bits per heavy atom. The van der Waals surface area contributed by atoms with E-state index >= 15 is 0 Å². The molecule has 0 aromatic heterocycles. The molecule has 0 heterocycles. The van der Waals surface area contributed by atoms with Crippen molar-refractivity contribution in [1.29, 1.82) is 0 Å². The lowest BCUT2D eigenvalue weighted by molar-refractivity contribution is -0.137. The van der Waals surface area contributed by atoms with E-state index in [2.05, 4.69) is 0 Å². The molecule has 0 amide bonds. The first-order chi connectivity index (χ1) is 6.95. The van der Waals surface area contributed by atoms with Crippen LogP contribution in [-0.4, -0.2) is 6.54 Å². The van der Waals surface area contributed by atoms with E-state index < -0.39 is 11.7 Å². The number of hydrogen-bond acceptors (Lipinski definition) is 2. The molecule has 0 aliphatic rings. The zero-order valence-electron chi connectivity index (χ0n) is 8.50. The van der Waals surface area contributed by atoms with Crippen LogP contribution in [-0.2, 0) is 6.18 Å². The van der Waals surface area contributed by atoms with Crippen LogP contribution < -0.4 is 11.5 Å². The number of rotatable bonds is 3. The third-order valence-corrected chi connectivity index (χ3v) is 2.14. The van der Waals surface area contributed by atoms with E-state index in [4.69, 9.17) is 11.5 Å². The van der Waals surface area contributed by atoms with Crippen LogP contribution in [0.4, 0.5) is 13.2 Å². The monoisotopic (exact) mass is 254 g/mol. The van der Waals surface area contributed by atoms with Crippen LogP contribution in [0.5, 0.6) is 0 Å². The van der Waals surface area contributed by atoms with Crippen molar-refractivity contribution in [2.75, 3.05) is 6.54 Å². The SMILES string of the molecule is Cl.NCC[C@@H](N)c1ccc(C(F)(F)F)cc1. The average molecular weight is 255 g/mol. The maximum Gasteiger partial charge on any atom is 0.416 e. The van der Waals surface area contributed by atoms with Gasteiger partial charge in [-0.2, -0.15) is 13.2 Å². The summed E-state index contributed by atoms with van der Waals surface area (Å²) in [6.07, 6.45) is -3.73. The highest BCUT2D eigenvalue weighted by Crippen LogP contribution is 2.29. The van der Waals surface area contributed by atoms with E-state index in [1.807, 2.05) is 0 Å². The van der Waals surface area contributed by atoms with Crippen LogP contribution >= 0.6 is 12.4 Å². The minimum atomic E-state index is -4.30. The van der Waals surface area contributed by atoms with Crippen LogP contribution in [0.1, 0.15) is 23.6 Å². The first kappa shape index (κ1) is 15.2. The Morgan fingerprint density at radius 1 is 1.12 bits per heavy atom. The van der Waals surface area contributed by atoms with Gasteiger partial charge in [0, 0.05) is 6.04 Å². The Bertz CT molecular complexity index is 311. The molecule has 4 N–H and O–H groups in total. The highest BCUT2D eigenvalue weighted by atomic mass is 35.5. The lowest BCUT2D eigenvalue weighted by Gasteiger charge is -2.12. The predicted molar refractivity (Wildman–Crippen MR) is 59.3 cm³/mol. The first-order valence-corrected chi connectivity index (χ1v) is 4.58. The molecule has 6 heteroatoms. The van der Waals surface area contributed by atoms with Gasteiger partial charge in [0.15, 0.2) is 0 Å². The van der Waals surface area contributed by atoms with Gasteiger partial charge >= 0.3 is 6.18 Å². The first-order valence-electron chi connectivity index (χ1n) is 4.58. The van der Waals surface area contributed by atoms with E-state index in [0.29, 0.717) is 18.5 Å². The minimum absolute atomic E-state index is 0. The topological polar surface area (TPSA) is 52.0 Å². The molecule has 1 atom stereocenters. The Kier molecular flexibility index (Phi) is 5.78. The Morgan fingerprint density at radius 2 is 1.62 bits per heavy atom. The van der Waals surface area contributed by atoms with Crippen LogP contribution in [0, 0.1) is 0 Å². The number of hydrogen-bond donors (Lipinski definition) is 2. The fourth-order valence-electron chi connectivity index (χ4n) is 1.27. The highest BCUT2D eigenvalue weighted by molar-refractivity contribution is 5.85. The molecule has 0 aliphatic heterocycles. The van der Waals surface area contributed by atoms with Gasteiger partial charge in [0.1, 0.15) is 0 Å². The largest absolute Gasteiger partial charge is 0.416 e. The molecule has 0 bridgehead atoms. The van der Waals surface area contributed by atoms with Crippen molar-refractivity contribution in [2.45, 2.75) is 18.6 Å². The molecule has 0 saturated carbocycles. The second kappa shape index (κ2) is 6.08. The Balaban J connectivity index is 0.00000225. The maximum atomic E-state index is 12.2. The number of benzene rings is 1. The van der Waals surface area contributed by atoms with Crippen molar-refractivity contribution < 1.29 is 13.2 Å². The van der Waals surface area contributed by atoms with Gasteiger partial charge in [0.2, 0.25) is 0 Å². The quantitative estimate of drug-likeness (QED) is 0.871. The van der Waals surface area contributed by atoms with Crippen molar-refractivity contribution in [3.63, 3.8) is 0 Å². The predicted octanol–water partition coefficient (Wildman–Crippen LogP) is 2.48. The molecular formula is C10H14ClF3N2. The molecule has 2 nitrogen and oxygen atoms in total. The van der Waals surface area contributed by atoms with E-state index in [1.54, 1.807) is 0 Å². The molecule has 0 radical (unpaired) electrons. The molecular weight excluding hydrogens is 241 g/mol. The third kappa shape index (κ3) is 4.00. The van der Waals surface area contributed by atoms with E-state index in [-0.39, 0.29) is 18.4 Å². The van der Waals surface area contributed by atoms with Gasteiger partial charge in [-0.05, 0) is 30.7 Å². The normalized spacial score (nSPS) is 13.1. The van der Waals surface area contributed by atoms with Gasteiger partial charge < -0.3 is 11.5 Å². The summed E-state index contributed by atoms with van der Waals surface area (Å²) in [5.74, 6) is 0. The summed E-state index contributed by atoms with van der Waals surface area (Å²) in [4.78, 5) is 0. The average Bonchev–Trinajstić information content (AvgIpc) is 2.17. The summed E-state index contributed by atoms with van der Waals surface area (Å²) in [5, 5.41) is 0. The van der Waals surface area contributed by atoms with E-state index in [9.17, 15) is 13.2 Å². The van der Waals surface area contributed by atoms with Crippen LogP contribution in [0.2, 0.25) is 0 Å². The van der Waals surface area contributed by atoms with Crippen molar-refractivity contribution >= 4 is 12.4 Å². The molecule has 1 aromatic rings. The summed E-state index contributed by atoms with van der Waals surface area (Å²) in [7, 11) is 0. The number of halogens is 4. The summed E-state index contributed by atoms with van der Waals surface area (Å²) < 4.78 is 36.7. The smallest absolute Gasteiger partial charge is 0.330 e. The van der Waals surface area contributed by atoms with Gasteiger partial charge in [-0.25, -0.2) is 0 Å². The summed E-state index contributed by atoms with van der Waals surface area (Å²) in [6, 6.07) is 4.56.